The van der Waals surface area contributed by atoms with E-state index in [0.29, 0.717) is 6.54 Å². The molecule has 1 unspecified atom stereocenters. The number of nitrogens with two attached hydrogens (primary N) is 1. The third-order valence-corrected chi connectivity index (χ3v) is 2.80. The smallest absolute Gasteiger partial charge is 0.0491 e. The highest BCUT2D eigenvalue weighted by Gasteiger charge is 2.12. The van der Waals surface area contributed by atoms with Crippen LogP contribution in [-0.4, -0.2) is 11.5 Å². The molecule has 0 aliphatic carbocycles. The zero-order valence-electron chi connectivity index (χ0n) is 8.81. The van der Waals surface area contributed by atoms with Gasteiger partial charge >= 0.3 is 0 Å². The van der Waals surface area contributed by atoms with Gasteiger partial charge in [-0.25, -0.2) is 0 Å². The van der Waals surface area contributed by atoms with Gasteiger partial charge in [0.15, 0.2) is 0 Å². The number of hydrogen-bond donors (Lipinski definition) is 1. The Morgan fingerprint density at radius 2 is 1.88 bits per heavy atom. The summed E-state index contributed by atoms with van der Waals surface area (Å²) in [6, 6.07) is 13.6. The average molecular weight is 233 g/mol. The molecule has 2 rings (SSSR count). The highest BCUT2D eigenvalue weighted by molar-refractivity contribution is 6.30. The Morgan fingerprint density at radius 1 is 1.12 bits per heavy atom. The minimum atomic E-state index is 0.137. The van der Waals surface area contributed by atoms with Crippen molar-refractivity contribution < 1.29 is 0 Å². The second-order valence-corrected chi connectivity index (χ2v) is 4.03. The maximum atomic E-state index is 5.86. The van der Waals surface area contributed by atoms with Gasteiger partial charge < -0.3 is 5.73 Å². The fourth-order valence-electron chi connectivity index (χ4n) is 1.70. The maximum absolute atomic E-state index is 5.86. The molecule has 16 heavy (non-hydrogen) atoms. The van der Waals surface area contributed by atoms with Crippen LogP contribution >= 0.6 is 11.6 Å². The van der Waals surface area contributed by atoms with Crippen molar-refractivity contribution >= 4 is 11.6 Å². The second kappa shape index (κ2) is 5.10. The number of hydrogen-bond acceptors (Lipinski definition) is 2. The van der Waals surface area contributed by atoms with E-state index in [-0.39, 0.29) is 5.92 Å². The Hall–Kier alpha value is -1.38. The van der Waals surface area contributed by atoms with Crippen molar-refractivity contribution in [2.24, 2.45) is 5.73 Å². The van der Waals surface area contributed by atoms with Gasteiger partial charge in [-0.05, 0) is 29.8 Å². The van der Waals surface area contributed by atoms with Gasteiger partial charge in [0.25, 0.3) is 0 Å². The molecule has 2 aromatic rings. The predicted octanol–water partition coefficient (Wildman–Crippen LogP) is 2.83. The lowest BCUT2D eigenvalue weighted by atomic mass is 9.95. The molecule has 2 N–H and O–H groups in total. The zero-order chi connectivity index (χ0) is 11.4. The number of nitrogens with zero attached hydrogens (tertiary/aromatic N) is 1. The standard InChI is InChI=1S/C13H13ClN2/c14-11-6-4-10(5-7-11)12(9-15)13-3-1-2-8-16-13/h1-8,12H,9,15H2. The van der Waals surface area contributed by atoms with Gasteiger partial charge in [-0.15, -0.1) is 0 Å². The largest absolute Gasteiger partial charge is 0.329 e. The summed E-state index contributed by atoms with van der Waals surface area (Å²) in [5.41, 5.74) is 7.94. The van der Waals surface area contributed by atoms with Gasteiger partial charge in [-0.1, -0.05) is 29.8 Å². The van der Waals surface area contributed by atoms with Crippen LogP contribution in [0.2, 0.25) is 5.02 Å². The van der Waals surface area contributed by atoms with Crippen LogP contribution in [0, 0.1) is 0 Å². The summed E-state index contributed by atoms with van der Waals surface area (Å²) in [5, 5.41) is 0.737. The van der Waals surface area contributed by atoms with Crippen LogP contribution in [0.4, 0.5) is 0 Å². The van der Waals surface area contributed by atoms with Crippen molar-refractivity contribution in [2.75, 3.05) is 6.54 Å². The summed E-state index contributed by atoms with van der Waals surface area (Å²) in [7, 11) is 0. The van der Waals surface area contributed by atoms with E-state index in [1.807, 2.05) is 42.5 Å². The van der Waals surface area contributed by atoms with Crippen LogP contribution in [0.5, 0.6) is 0 Å². The summed E-state index contributed by atoms with van der Waals surface area (Å²) in [5.74, 6) is 0.137. The molecule has 3 heteroatoms. The van der Waals surface area contributed by atoms with Crippen LogP contribution < -0.4 is 5.73 Å². The quantitative estimate of drug-likeness (QED) is 0.884. The van der Waals surface area contributed by atoms with E-state index >= 15 is 0 Å². The fraction of sp³-hybridized carbons (Fsp3) is 0.154. The third kappa shape index (κ3) is 2.40. The molecule has 1 aromatic heterocycles. The normalized spacial score (nSPS) is 12.4. The van der Waals surface area contributed by atoms with Gasteiger partial charge in [-0.2, -0.15) is 0 Å². The summed E-state index contributed by atoms with van der Waals surface area (Å²) in [4.78, 5) is 4.34. The van der Waals surface area contributed by atoms with Crippen molar-refractivity contribution in [1.29, 1.82) is 0 Å². The molecule has 0 radical (unpaired) electrons. The molecule has 0 spiro atoms. The lowest BCUT2D eigenvalue weighted by molar-refractivity contribution is 0.787. The molecule has 1 heterocycles. The van der Waals surface area contributed by atoms with Gasteiger partial charge in [0.05, 0.1) is 0 Å². The molecule has 0 aliphatic heterocycles. The highest BCUT2D eigenvalue weighted by Crippen LogP contribution is 2.23. The minimum absolute atomic E-state index is 0.137. The van der Waals surface area contributed by atoms with Gasteiger partial charge in [0.2, 0.25) is 0 Å². The monoisotopic (exact) mass is 232 g/mol. The molecule has 0 saturated carbocycles. The van der Waals surface area contributed by atoms with E-state index in [1.54, 1.807) is 6.20 Å². The van der Waals surface area contributed by atoms with Crippen molar-refractivity contribution in [3.05, 3.63) is 64.9 Å². The Labute approximate surface area is 100 Å². The SMILES string of the molecule is NCC(c1ccc(Cl)cc1)c1ccccn1. The molecule has 0 bridgehead atoms. The predicted molar refractivity (Wildman–Crippen MR) is 66.6 cm³/mol. The van der Waals surface area contributed by atoms with E-state index in [1.165, 1.54) is 0 Å². The highest BCUT2D eigenvalue weighted by atomic mass is 35.5. The van der Waals surface area contributed by atoms with E-state index in [0.717, 1.165) is 16.3 Å². The molecule has 0 saturated heterocycles. The van der Waals surface area contributed by atoms with E-state index in [2.05, 4.69) is 4.98 Å². The first-order chi connectivity index (χ1) is 7.81. The average Bonchev–Trinajstić information content (AvgIpc) is 2.34. The first-order valence-electron chi connectivity index (χ1n) is 5.17. The first-order valence-corrected chi connectivity index (χ1v) is 5.55. The lowest BCUT2D eigenvalue weighted by Gasteiger charge is -2.14. The van der Waals surface area contributed by atoms with Crippen LogP contribution in [0.1, 0.15) is 17.2 Å². The van der Waals surface area contributed by atoms with Crippen LogP contribution in [0.25, 0.3) is 0 Å². The molecule has 0 aliphatic rings. The lowest BCUT2D eigenvalue weighted by Crippen LogP contribution is -2.14. The molecule has 1 atom stereocenters. The van der Waals surface area contributed by atoms with Crippen molar-refractivity contribution in [1.82, 2.24) is 4.98 Å². The first kappa shape index (κ1) is 11.1. The summed E-state index contributed by atoms with van der Waals surface area (Å²) < 4.78 is 0. The molecule has 0 amide bonds. The van der Waals surface area contributed by atoms with Gasteiger partial charge in [0, 0.05) is 29.4 Å². The molecule has 1 aromatic carbocycles. The second-order valence-electron chi connectivity index (χ2n) is 3.59. The number of benzene rings is 1. The van der Waals surface area contributed by atoms with E-state index < -0.39 is 0 Å². The summed E-state index contributed by atoms with van der Waals surface area (Å²) in [6.07, 6.45) is 1.79. The zero-order valence-corrected chi connectivity index (χ0v) is 9.56. The maximum Gasteiger partial charge on any atom is 0.0491 e. The molecular formula is C13H13ClN2. The number of aromatic nitrogens is 1. The Bertz CT molecular complexity index is 439. The minimum Gasteiger partial charge on any atom is -0.329 e. The number of halogens is 1. The van der Waals surface area contributed by atoms with Crippen molar-refractivity contribution in [2.45, 2.75) is 5.92 Å². The summed E-state index contributed by atoms with van der Waals surface area (Å²) in [6.45, 7) is 0.540. The number of pyridine rings is 1. The van der Waals surface area contributed by atoms with Crippen LogP contribution in [-0.2, 0) is 0 Å². The van der Waals surface area contributed by atoms with Crippen LogP contribution in [0.15, 0.2) is 48.7 Å². The molecule has 0 fully saturated rings. The molecule has 2 nitrogen and oxygen atoms in total. The third-order valence-electron chi connectivity index (χ3n) is 2.55. The van der Waals surface area contributed by atoms with Gasteiger partial charge in [0.1, 0.15) is 0 Å². The van der Waals surface area contributed by atoms with E-state index in [9.17, 15) is 0 Å². The van der Waals surface area contributed by atoms with Gasteiger partial charge in [-0.3, -0.25) is 4.98 Å². The van der Waals surface area contributed by atoms with Crippen LogP contribution in [0.3, 0.4) is 0 Å². The summed E-state index contributed by atoms with van der Waals surface area (Å²) >= 11 is 5.86. The van der Waals surface area contributed by atoms with Crippen molar-refractivity contribution in [3.63, 3.8) is 0 Å². The topological polar surface area (TPSA) is 38.9 Å². The Kier molecular flexibility index (Phi) is 3.54. The number of rotatable bonds is 3. The Morgan fingerprint density at radius 3 is 2.44 bits per heavy atom. The van der Waals surface area contributed by atoms with Crippen molar-refractivity contribution in [3.8, 4) is 0 Å². The fourth-order valence-corrected chi connectivity index (χ4v) is 1.83. The van der Waals surface area contributed by atoms with E-state index in [4.69, 9.17) is 17.3 Å². The molecular weight excluding hydrogens is 220 g/mol. The molecule has 82 valence electrons. The Balaban J connectivity index is 2.33.